The molecule has 6 N–H and O–H groups in total. The van der Waals surface area contributed by atoms with Crippen LogP contribution in [-0.2, 0) is 14.4 Å². The Kier molecular flexibility index (Phi) is 12.3. The molecule has 6 aromatic rings. The van der Waals surface area contributed by atoms with Crippen LogP contribution in [0.4, 0.5) is 0 Å². The Morgan fingerprint density at radius 3 is 1.65 bits per heavy atom. The van der Waals surface area contributed by atoms with Gasteiger partial charge >= 0.3 is 23.5 Å². The van der Waals surface area contributed by atoms with Gasteiger partial charge in [-0.05, 0) is 53.6 Å². The third-order valence-electron chi connectivity index (χ3n) is 10.5. The fourth-order valence-corrected chi connectivity index (χ4v) is 6.79. The Labute approximate surface area is 345 Å². The number of carbonyl (C=O) groups excluding carboxylic acids is 3. The molecule has 0 aliphatic carbocycles. The van der Waals surface area contributed by atoms with Gasteiger partial charge in [-0.3, -0.25) is 0 Å². The summed E-state index contributed by atoms with van der Waals surface area (Å²) in [5, 5.41) is 1.67. The molecule has 3 atom stereocenters. The molecule has 0 saturated carbocycles. The molecule has 16 heteroatoms. The molecule has 3 aromatic heterocycles. The van der Waals surface area contributed by atoms with E-state index < -0.39 is 41.7 Å². The van der Waals surface area contributed by atoms with Crippen molar-refractivity contribution in [1.29, 1.82) is 0 Å². The second-order valence-electron chi connectivity index (χ2n) is 15.4. The molecular weight excluding hydrogens is 776 g/mol. The molecule has 0 radical (unpaired) electrons. The third kappa shape index (κ3) is 7.64. The van der Waals surface area contributed by atoms with Crippen molar-refractivity contribution in [2.75, 3.05) is 28.4 Å². The average Bonchev–Trinajstić information content (AvgIpc) is 3.58. The first-order valence-electron chi connectivity index (χ1n) is 19.3. The van der Waals surface area contributed by atoms with Gasteiger partial charge in [0.1, 0.15) is 29.2 Å². The molecule has 6 rings (SSSR count). The number of rotatable bonds is 14. The lowest BCUT2D eigenvalue weighted by Gasteiger charge is -2.19. The Morgan fingerprint density at radius 1 is 0.567 bits per heavy atom. The number of benzene rings is 3. The summed E-state index contributed by atoms with van der Waals surface area (Å²) >= 11 is 0. The molecule has 3 heterocycles. The molecular formula is C44H50N4O12. The van der Waals surface area contributed by atoms with Crippen molar-refractivity contribution in [3.63, 3.8) is 0 Å². The Balaban J connectivity index is 1.76. The van der Waals surface area contributed by atoms with Crippen molar-refractivity contribution in [1.82, 2.24) is 4.40 Å². The lowest BCUT2D eigenvalue weighted by molar-refractivity contribution is -0.137. The van der Waals surface area contributed by atoms with Crippen molar-refractivity contribution in [2.24, 2.45) is 35.0 Å². The zero-order valence-electron chi connectivity index (χ0n) is 35.2. The number of pyridine rings is 1. The molecule has 0 unspecified atom stereocenters. The minimum absolute atomic E-state index is 0.0142. The van der Waals surface area contributed by atoms with Crippen LogP contribution < -0.4 is 56.0 Å². The Morgan fingerprint density at radius 2 is 1.10 bits per heavy atom. The molecule has 0 amide bonds. The number of esters is 3. The summed E-state index contributed by atoms with van der Waals surface area (Å²) in [6, 6.07) is 8.49. The van der Waals surface area contributed by atoms with E-state index in [2.05, 4.69) is 0 Å². The highest BCUT2D eigenvalue weighted by molar-refractivity contribution is 6.22. The number of nitrogens with zero attached hydrogens (tertiary/aromatic N) is 1. The molecule has 0 saturated heterocycles. The van der Waals surface area contributed by atoms with Crippen LogP contribution in [0.2, 0.25) is 0 Å². The van der Waals surface area contributed by atoms with E-state index in [9.17, 15) is 19.2 Å². The lowest BCUT2D eigenvalue weighted by atomic mass is 9.97. The number of nitrogens with two attached hydrogens (primary N) is 3. The minimum atomic E-state index is -0.961. The first-order chi connectivity index (χ1) is 28.5. The summed E-state index contributed by atoms with van der Waals surface area (Å²) in [5.41, 5.74) is 19.3. The van der Waals surface area contributed by atoms with Crippen molar-refractivity contribution in [3.8, 4) is 51.4 Å². The molecule has 3 aromatic carbocycles. The zero-order valence-corrected chi connectivity index (χ0v) is 35.2. The summed E-state index contributed by atoms with van der Waals surface area (Å²) in [5.74, 6) is -1.89. The monoisotopic (exact) mass is 826 g/mol. The first kappa shape index (κ1) is 43.2. The van der Waals surface area contributed by atoms with Crippen molar-refractivity contribution >= 4 is 56.1 Å². The molecule has 0 spiro atoms. The van der Waals surface area contributed by atoms with Crippen LogP contribution in [-0.4, -0.2) is 68.9 Å². The standard InChI is InChI=1S/C44H50N4O12/c1-19(2)34(45)41(49)57-26-12-11-22(15-28(26)53-7)32-33-25-17-29(54-8)30(59-42(50)35(46)20(3)4)18-27(25)58-44(52)38(33)48-14-13-23-24(37(32)48)16-31(55-9)40(56-10)39(23)60-43(51)36(47)21(5)6/h11-21,34-36H,45-47H2,1-10H3/t34-,35-,36-/m1/s1. The maximum atomic E-state index is 14.3. The molecule has 0 aliphatic rings. The molecule has 16 nitrogen and oxygen atoms in total. The number of carbonyl (C=O) groups is 3. The van der Waals surface area contributed by atoms with Gasteiger partial charge in [-0.1, -0.05) is 47.6 Å². The van der Waals surface area contributed by atoms with Gasteiger partial charge in [-0.15, -0.1) is 0 Å². The summed E-state index contributed by atoms with van der Waals surface area (Å²) in [7, 11) is 5.69. The van der Waals surface area contributed by atoms with Crippen LogP contribution in [0, 0.1) is 17.8 Å². The Hall–Kier alpha value is -6.36. The predicted molar refractivity (Wildman–Crippen MR) is 225 cm³/mol. The summed E-state index contributed by atoms with van der Waals surface area (Å²) in [6.45, 7) is 10.8. The zero-order chi connectivity index (χ0) is 43.9. The van der Waals surface area contributed by atoms with Crippen LogP contribution in [0.5, 0.6) is 40.2 Å². The lowest BCUT2D eigenvalue weighted by Crippen LogP contribution is -2.38. The first-order valence-corrected chi connectivity index (χ1v) is 19.3. The van der Waals surface area contributed by atoms with Gasteiger partial charge < -0.3 is 59.2 Å². The normalized spacial score (nSPS) is 13.3. The van der Waals surface area contributed by atoms with Gasteiger partial charge in [0.2, 0.25) is 5.75 Å². The van der Waals surface area contributed by atoms with Gasteiger partial charge in [0.25, 0.3) is 0 Å². The van der Waals surface area contributed by atoms with E-state index >= 15 is 0 Å². The maximum absolute atomic E-state index is 14.3. The topological polar surface area (TPSA) is 228 Å². The van der Waals surface area contributed by atoms with E-state index in [0.29, 0.717) is 38.2 Å². The highest BCUT2D eigenvalue weighted by Crippen LogP contribution is 2.50. The highest BCUT2D eigenvalue weighted by atomic mass is 16.6. The number of ether oxygens (including phenoxy) is 7. The SMILES string of the molecule is COc1cc(-c2c3c4cc(OC)c(OC(=O)[C@H](N)C(C)C)cc4oc(=O)c3n3ccc4c(OC(=O)[C@H](N)C(C)C)c(OC)c(OC)cc4c23)ccc1OC(=O)[C@H](N)C(C)C. The van der Waals surface area contributed by atoms with E-state index in [4.69, 9.17) is 54.8 Å². The van der Waals surface area contributed by atoms with Gasteiger partial charge in [-0.2, -0.15) is 0 Å². The smallest absolute Gasteiger partial charge is 0.361 e. The van der Waals surface area contributed by atoms with Crippen LogP contribution >= 0.6 is 0 Å². The second kappa shape index (κ2) is 17.1. The fourth-order valence-electron chi connectivity index (χ4n) is 6.79. The highest BCUT2D eigenvalue weighted by Gasteiger charge is 2.30. The summed E-state index contributed by atoms with van der Waals surface area (Å²) in [6.07, 6.45) is 1.64. The third-order valence-corrected chi connectivity index (χ3v) is 10.5. The molecule has 0 fully saturated rings. The van der Waals surface area contributed by atoms with E-state index in [0.717, 1.165) is 0 Å². The fraction of sp³-hybridized carbons (Fsp3) is 0.364. The summed E-state index contributed by atoms with van der Waals surface area (Å²) in [4.78, 5) is 53.7. The van der Waals surface area contributed by atoms with Crippen LogP contribution in [0.1, 0.15) is 41.5 Å². The number of aromatic nitrogens is 1. The number of hydrogen-bond donors (Lipinski definition) is 3. The molecule has 60 heavy (non-hydrogen) atoms. The summed E-state index contributed by atoms with van der Waals surface area (Å²) < 4.78 is 48.0. The quantitative estimate of drug-likeness (QED) is 0.0678. The van der Waals surface area contributed by atoms with Crippen molar-refractivity contribution in [2.45, 2.75) is 59.7 Å². The van der Waals surface area contributed by atoms with Crippen LogP contribution in [0.15, 0.2) is 57.9 Å². The van der Waals surface area contributed by atoms with E-state index in [1.165, 1.54) is 34.5 Å². The Bertz CT molecular complexity index is 2720. The van der Waals surface area contributed by atoms with Crippen molar-refractivity contribution in [3.05, 3.63) is 59.1 Å². The van der Waals surface area contributed by atoms with Gasteiger partial charge in [0.15, 0.2) is 34.5 Å². The van der Waals surface area contributed by atoms with Crippen LogP contribution in [0.25, 0.3) is 49.3 Å². The maximum Gasteiger partial charge on any atom is 0.361 e. The molecule has 0 aliphatic heterocycles. The number of hydrogen-bond acceptors (Lipinski definition) is 15. The van der Waals surface area contributed by atoms with Gasteiger partial charge in [0.05, 0.1) is 34.0 Å². The molecule has 0 bridgehead atoms. The largest absolute Gasteiger partial charge is 0.493 e. The predicted octanol–water partition coefficient (Wildman–Crippen LogP) is 5.72. The van der Waals surface area contributed by atoms with E-state index in [-0.39, 0.29) is 69.1 Å². The van der Waals surface area contributed by atoms with Crippen molar-refractivity contribution < 1.29 is 52.0 Å². The van der Waals surface area contributed by atoms with Gasteiger partial charge in [-0.25, -0.2) is 19.2 Å². The van der Waals surface area contributed by atoms with E-state index in [1.807, 2.05) is 0 Å². The number of methoxy groups -OCH3 is 4. The molecule has 318 valence electrons. The van der Waals surface area contributed by atoms with E-state index in [1.54, 1.807) is 88.5 Å². The second-order valence-corrected chi connectivity index (χ2v) is 15.4. The van der Waals surface area contributed by atoms with Gasteiger partial charge in [0, 0.05) is 39.4 Å². The van der Waals surface area contributed by atoms with Crippen LogP contribution in [0.3, 0.4) is 0 Å². The minimum Gasteiger partial charge on any atom is -0.493 e. The average molecular weight is 827 g/mol. The number of fused-ring (bicyclic) bond motifs is 7.